The topological polar surface area (TPSA) is 88.4 Å². The molecular formula is C22H27ClO6S. The van der Waals surface area contributed by atoms with Crippen molar-refractivity contribution in [3.63, 3.8) is 0 Å². The predicted octanol–water partition coefficient (Wildman–Crippen LogP) is 2.76. The van der Waals surface area contributed by atoms with E-state index in [-0.39, 0.29) is 6.61 Å². The van der Waals surface area contributed by atoms with Crippen LogP contribution in [-0.2, 0) is 15.9 Å². The number of aliphatic hydroxyl groups excluding tert-OH is 3. The molecule has 0 aliphatic carbocycles. The predicted molar refractivity (Wildman–Crippen MR) is 117 cm³/mol. The molecule has 1 aliphatic heterocycles. The maximum Gasteiger partial charge on any atom is 0.186 e. The summed E-state index contributed by atoms with van der Waals surface area (Å²) in [7, 11) is 0. The summed E-state index contributed by atoms with van der Waals surface area (Å²) in [5, 5.41) is 31.5. The molecule has 2 aromatic carbocycles. The van der Waals surface area contributed by atoms with Crippen LogP contribution in [0.2, 0.25) is 5.02 Å². The lowest BCUT2D eigenvalue weighted by molar-refractivity contribution is -0.298. The van der Waals surface area contributed by atoms with Crippen LogP contribution in [0.5, 0.6) is 5.75 Å². The van der Waals surface area contributed by atoms with Gasteiger partial charge in [-0.25, -0.2) is 0 Å². The van der Waals surface area contributed by atoms with Crippen molar-refractivity contribution in [3.05, 3.63) is 64.2 Å². The van der Waals surface area contributed by atoms with E-state index in [4.69, 9.17) is 25.8 Å². The van der Waals surface area contributed by atoms with Crippen LogP contribution >= 0.6 is 24.2 Å². The smallest absolute Gasteiger partial charge is 0.186 e. The zero-order valence-corrected chi connectivity index (χ0v) is 18.3. The molecule has 1 aliphatic rings. The second-order valence-electron chi connectivity index (χ2n) is 7.10. The number of rotatable bonds is 8. The van der Waals surface area contributed by atoms with Crippen LogP contribution in [0.4, 0.5) is 0 Å². The van der Waals surface area contributed by atoms with E-state index in [9.17, 15) is 15.3 Å². The lowest BCUT2D eigenvalue weighted by Crippen LogP contribution is -2.55. The van der Waals surface area contributed by atoms with Crippen LogP contribution in [0, 0.1) is 0 Å². The zero-order valence-electron chi connectivity index (χ0n) is 16.6. The third kappa shape index (κ3) is 5.48. The van der Waals surface area contributed by atoms with Gasteiger partial charge >= 0.3 is 0 Å². The Morgan fingerprint density at radius 3 is 2.43 bits per heavy atom. The minimum Gasteiger partial charge on any atom is -0.494 e. The highest BCUT2D eigenvalue weighted by Crippen LogP contribution is 2.35. The number of halogens is 1. The fourth-order valence-corrected chi connectivity index (χ4v) is 3.72. The van der Waals surface area contributed by atoms with Crippen LogP contribution < -0.4 is 4.74 Å². The second-order valence-corrected chi connectivity index (χ2v) is 7.95. The maximum atomic E-state index is 10.5. The van der Waals surface area contributed by atoms with Gasteiger partial charge in [0.25, 0.3) is 0 Å². The highest BCUT2D eigenvalue weighted by atomic mass is 35.5. The van der Waals surface area contributed by atoms with Crippen molar-refractivity contribution in [2.75, 3.05) is 19.0 Å². The van der Waals surface area contributed by atoms with Crippen molar-refractivity contribution in [1.29, 1.82) is 0 Å². The molecule has 2 aromatic rings. The Kier molecular flexibility index (Phi) is 8.42. The monoisotopic (exact) mass is 454 g/mol. The quantitative estimate of drug-likeness (QED) is 0.459. The first kappa shape index (κ1) is 23.3. The number of hydrogen-bond acceptors (Lipinski definition) is 7. The maximum absolute atomic E-state index is 10.5. The first-order chi connectivity index (χ1) is 14.4. The third-order valence-corrected chi connectivity index (χ3v) is 5.52. The van der Waals surface area contributed by atoms with E-state index < -0.39 is 30.7 Å². The number of benzene rings is 2. The van der Waals surface area contributed by atoms with Gasteiger partial charge in [-0.15, -0.1) is 0 Å². The Morgan fingerprint density at radius 1 is 1.03 bits per heavy atom. The first-order valence-corrected chi connectivity index (χ1v) is 10.9. The van der Waals surface area contributed by atoms with Crippen LogP contribution in [-0.4, -0.2) is 58.9 Å². The van der Waals surface area contributed by atoms with Gasteiger partial charge in [-0.3, -0.25) is 0 Å². The zero-order chi connectivity index (χ0) is 21.7. The second kappa shape index (κ2) is 10.8. The molecule has 0 bridgehead atoms. The molecule has 5 atom stereocenters. The molecule has 0 spiro atoms. The van der Waals surface area contributed by atoms with Crippen molar-refractivity contribution in [1.82, 2.24) is 0 Å². The van der Waals surface area contributed by atoms with Crippen molar-refractivity contribution in [2.24, 2.45) is 0 Å². The van der Waals surface area contributed by atoms with E-state index in [0.717, 1.165) is 16.9 Å². The average molecular weight is 455 g/mol. The molecular weight excluding hydrogens is 428 g/mol. The molecule has 0 amide bonds. The van der Waals surface area contributed by atoms with E-state index >= 15 is 0 Å². The number of thiol groups is 1. The number of hydrogen-bond donors (Lipinski definition) is 4. The molecule has 6 nitrogen and oxygen atoms in total. The van der Waals surface area contributed by atoms with E-state index in [1.54, 1.807) is 12.1 Å². The molecule has 1 unspecified atom stereocenters. The van der Waals surface area contributed by atoms with Gasteiger partial charge in [0.05, 0.1) is 13.2 Å². The van der Waals surface area contributed by atoms with Gasteiger partial charge in [-0.1, -0.05) is 35.9 Å². The Balaban J connectivity index is 1.80. The summed E-state index contributed by atoms with van der Waals surface area (Å²) in [6, 6.07) is 13.1. The van der Waals surface area contributed by atoms with Crippen LogP contribution in [0.3, 0.4) is 0 Å². The Labute approximate surface area is 186 Å². The molecule has 1 fully saturated rings. The van der Waals surface area contributed by atoms with E-state index in [0.29, 0.717) is 29.4 Å². The molecule has 0 saturated carbocycles. The number of ether oxygens (including phenoxy) is 3. The summed E-state index contributed by atoms with van der Waals surface area (Å²) in [6.45, 7) is 2.78. The molecule has 0 aromatic heterocycles. The van der Waals surface area contributed by atoms with E-state index in [2.05, 4.69) is 12.6 Å². The van der Waals surface area contributed by atoms with Crippen molar-refractivity contribution >= 4 is 24.2 Å². The largest absolute Gasteiger partial charge is 0.494 e. The molecule has 3 N–H and O–H groups in total. The summed E-state index contributed by atoms with van der Waals surface area (Å²) in [6.07, 6.45) is -5.43. The SMILES string of the molecule is CCOc1ccc(Cc2cc([C@@H]3OC(OCCS)[C@@H](O)[C@H](O)[C@H]3O)ccc2Cl)cc1. The van der Waals surface area contributed by atoms with Gasteiger partial charge in [0.15, 0.2) is 6.29 Å². The van der Waals surface area contributed by atoms with Gasteiger partial charge in [0.1, 0.15) is 30.2 Å². The molecule has 30 heavy (non-hydrogen) atoms. The normalized spacial score (nSPS) is 26.5. The molecule has 8 heteroatoms. The average Bonchev–Trinajstić information content (AvgIpc) is 2.75. The first-order valence-electron chi connectivity index (χ1n) is 9.86. The fourth-order valence-electron chi connectivity index (χ4n) is 3.43. The van der Waals surface area contributed by atoms with E-state index in [1.165, 1.54) is 0 Å². The molecule has 164 valence electrons. The summed E-state index contributed by atoms with van der Waals surface area (Å²) >= 11 is 10.5. The standard InChI is InChI=1S/C22H27ClO6S/c1-2-27-16-6-3-13(4-7-16)11-15-12-14(5-8-17(15)23)21-19(25)18(24)20(26)22(29-21)28-9-10-30/h3-8,12,18-22,24-26,30H,2,9-11H2,1H3/t18-,19-,20+,21+,22?/m1/s1. The van der Waals surface area contributed by atoms with E-state index in [1.807, 2.05) is 37.3 Å². The van der Waals surface area contributed by atoms with Gasteiger partial charge in [0, 0.05) is 10.8 Å². The minimum absolute atomic E-state index is 0.240. The Bertz CT molecular complexity index is 818. The number of aliphatic hydroxyl groups is 3. The van der Waals surface area contributed by atoms with Crippen molar-refractivity contribution in [3.8, 4) is 5.75 Å². The Morgan fingerprint density at radius 2 is 1.77 bits per heavy atom. The molecule has 3 rings (SSSR count). The van der Waals surface area contributed by atoms with Gasteiger partial charge in [-0.2, -0.15) is 12.6 Å². The van der Waals surface area contributed by atoms with Gasteiger partial charge in [-0.05, 0) is 48.2 Å². The molecule has 0 radical (unpaired) electrons. The highest BCUT2D eigenvalue weighted by molar-refractivity contribution is 7.80. The third-order valence-electron chi connectivity index (χ3n) is 4.97. The lowest BCUT2D eigenvalue weighted by Gasteiger charge is -2.40. The van der Waals surface area contributed by atoms with Crippen LogP contribution in [0.25, 0.3) is 0 Å². The van der Waals surface area contributed by atoms with Gasteiger partial charge < -0.3 is 29.5 Å². The summed E-state index contributed by atoms with van der Waals surface area (Å²) in [4.78, 5) is 0. The van der Waals surface area contributed by atoms with Crippen LogP contribution in [0.1, 0.15) is 29.7 Å². The summed E-state index contributed by atoms with van der Waals surface area (Å²) in [5.41, 5.74) is 2.54. The fraction of sp³-hybridized carbons (Fsp3) is 0.455. The summed E-state index contributed by atoms with van der Waals surface area (Å²) in [5.74, 6) is 1.24. The minimum atomic E-state index is -1.40. The highest BCUT2D eigenvalue weighted by Gasteiger charge is 2.44. The van der Waals surface area contributed by atoms with Crippen LogP contribution in [0.15, 0.2) is 42.5 Å². The molecule has 1 heterocycles. The lowest BCUT2D eigenvalue weighted by atomic mass is 9.92. The van der Waals surface area contributed by atoms with Crippen molar-refractivity contribution in [2.45, 2.75) is 44.1 Å². The summed E-state index contributed by atoms with van der Waals surface area (Å²) < 4.78 is 16.7. The van der Waals surface area contributed by atoms with Gasteiger partial charge in [0.2, 0.25) is 0 Å². The molecule has 1 saturated heterocycles. The van der Waals surface area contributed by atoms with Crippen molar-refractivity contribution < 1.29 is 29.5 Å². The Hall–Kier alpha value is -1.32.